The van der Waals surface area contributed by atoms with Gasteiger partial charge in [0, 0.05) is 18.3 Å². The van der Waals surface area contributed by atoms with Crippen LogP contribution in [0.3, 0.4) is 0 Å². The first-order chi connectivity index (χ1) is 9.66. The third-order valence-electron chi connectivity index (χ3n) is 3.51. The lowest BCUT2D eigenvalue weighted by Gasteiger charge is -2.22. The number of aryl methyl sites for hydroxylation is 1. The SMILES string of the molecule is Cc1ccc([N+](=O)[O-])c(NCCOC2CCCCC2)n1. The van der Waals surface area contributed by atoms with Gasteiger partial charge in [0.25, 0.3) is 0 Å². The standard InChI is InChI=1S/C14H21N3O3/c1-11-7-8-13(17(18)19)14(16-11)15-9-10-20-12-5-3-2-4-6-12/h7-8,12H,2-6,9-10H2,1H3,(H,15,16). The predicted molar refractivity (Wildman–Crippen MR) is 76.9 cm³/mol. The molecule has 0 bridgehead atoms. The fourth-order valence-corrected chi connectivity index (χ4v) is 2.45. The minimum atomic E-state index is -0.420. The van der Waals surface area contributed by atoms with E-state index < -0.39 is 4.92 Å². The van der Waals surface area contributed by atoms with Gasteiger partial charge in [0.05, 0.1) is 17.6 Å². The zero-order chi connectivity index (χ0) is 14.4. The molecule has 1 saturated carbocycles. The highest BCUT2D eigenvalue weighted by Gasteiger charge is 2.16. The van der Waals surface area contributed by atoms with Gasteiger partial charge in [-0.25, -0.2) is 4.98 Å². The van der Waals surface area contributed by atoms with E-state index in [0.29, 0.717) is 25.1 Å². The molecule has 0 amide bonds. The third-order valence-corrected chi connectivity index (χ3v) is 3.51. The van der Waals surface area contributed by atoms with Gasteiger partial charge in [0.2, 0.25) is 5.82 Å². The van der Waals surface area contributed by atoms with Crippen molar-refractivity contribution in [1.82, 2.24) is 4.98 Å². The van der Waals surface area contributed by atoms with Gasteiger partial charge in [-0.05, 0) is 25.8 Å². The highest BCUT2D eigenvalue weighted by atomic mass is 16.6. The molecule has 1 aliphatic rings. The summed E-state index contributed by atoms with van der Waals surface area (Å²) in [5.74, 6) is 0.322. The second-order valence-electron chi connectivity index (χ2n) is 5.14. The summed E-state index contributed by atoms with van der Waals surface area (Å²) in [5, 5.41) is 13.9. The Labute approximate surface area is 118 Å². The third kappa shape index (κ3) is 4.16. The summed E-state index contributed by atoms with van der Waals surface area (Å²) in [7, 11) is 0. The number of hydrogen-bond acceptors (Lipinski definition) is 5. The highest BCUT2D eigenvalue weighted by Crippen LogP contribution is 2.22. The molecule has 6 heteroatoms. The largest absolute Gasteiger partial charge is 0.376 e. The number of pyridine rings is 1. The zero-order valence-corrected chi connectivity index (χ0v) is 11.8. The van der Waals surface area contributed by atoms with Crippen LogP contribution < -0.4 is 5.32 Å². The second-order valence-corrected chi connectivity index (χ2v) is 5.14. The Morgan fingerprint density at radius 1 is 1.40 bits per heavy atom. The highest BCUT2D eigenvalue weighted by molar-refractivity contribution is 5.55. The van der Waals surface area contributed by atoms with Crippen LogP contribution in [-0.4, -0.2) is 29.2 Å². The van der Waals surface area contributed by atoms with Gasteiger partial charge in [-0.3, -0.25) is 10.1 Å². The Kier molecular flexibility index (Phi) is 5.29. The Morgan fingerprint density at radius 2 is 2.15 bits per heavy atom. The molecular formula is C14H21N3O3. The molecule has 1 heterocycles. The number of ether oxygens (including phenoxy) is 1. The number of nitrogens with zero attached hydrogens (tertiary/aromatic N) is 2. The van der Waals surface area contributed by atoms with Gasteiger partial charge >= 0.3 is 5.69 Å². The van der Waals surface area contributed by atoms with Crippen molar-refractivity contribution in [2.45, 2.75) is 45.1 Å². The van der Waals surface area contributed by atoms with E-state index in [9.17, 15) is 10.1 Å². The van der Waals surface area contributed by atoms with Gasteiger partial charge < -0.3 is 10.1 Å². The molecule has 1 aromatic heterocycles. The summed E-state index contributed by atoms with van der Waals surface area (Å²) < 4.78 is 5.78. The van der Waals surface area contributed by atoms with Gasteiger partial charge in [-0.15, -0.1) is 0 Å². The molecule has 1 fully saturated rings. The summed E-state index contributed by atoms with van der Waals surface area (Å²) in [4.78, 5) is 14.7. The molecule has 0 aromatic carbocycles. The minimum Gasteiger partial charge on any atom is -0.376 e. The number of aromatic nitrogens is 1. The van der Waals surface area contributed by atoms with Crippen LogP contribution in [0.15, 0.2) is 12.1 Å². The van der Waals surface area contributed by atoms with Crippen LogP contribution in [0.4, 0.5) is 11.5 Å². The maximum absolute atomic E-state index is 10.9. The normalized spacial score (nSPS) is 16.1. The smallest absolute Gasteiger partial charge is 0.311 e. The van der Waals surface area contributed by atoms with E-state index in [1.54, 1.807) is 6.07 Å². The molecule has 0 unspecified atom stereocenters. The number of rotatable bonds is 6. The first-order valence-electron chi connectivity index (χ1n) is 7.14. The molecule has 6 nitrogen and oxygen atoms in total. The average molecular weight is 279 g/mol. The molecule has 0 spiro atoms. The molecule has 0 radical (unpaired) electrons. The summed E-state index contributed by atoms with van der Waals surface area (Å²) in [5.41, 5.74) is 0.763. The molecule has 2 rings (SSSR count). The first kappa shape index (κ1) is 14.7. The Bertz CT molecular complexity index is 459. The van der Waals surface area contributed by atoms with Crippen LogP contribution >= 0.6 is 0 Å². The lowest BCUT2D eigenvalue weighted by Crippen LogP contribution is -2.21. The fourth-order valence-electron chi connectivity index (χ4n) is 2.45. The van der Waals surface area contributed by atoms with E-state index in [1.165, 1.54) is 25.3 Å². The van der Waals surface area contributed by atoms with Crippen LogP contribution in [0.2, 0.25) is 0 Å². The molecule has 110 valence electrons. The number of nitrogens with one attached hydrogen (secondary N) is 1. The van der Waals surface area contributed by atoms with Gasteiger partial charge in [-0.1, -0.05) is 19.3 Å². The van der Waals surface area contributed by atoms with Crippen molar-refractivity contribution >= 4 is 11.5 Å². The minimum absolute atomic E-state index is 0.00765. The van der Waals surface area contributed by atoms with E-state index >= 15 is 0 Å². The van der Waals surface area contributed by atoms with E-state index in [1.807, 2.05) is 6.92 Å². The van der Waals surface area contributed by atoms with Crippen molar-refractivity contribution in [1.29, 1.82) is 0 Å². The molecule has 0 saturated heterocycles. The molecular weight excluding hydrogens is 258 g/mol. The number of hydrogen-bond donors (Lipinski definition) is 1. The van der Waals surface area contributed by atoms with Crippen LogP contribution in [-0.2, 0) is 4.74 Å². The summed E-state index contributed by atoms with van der Waals surface area (Å²) in [6, 6.07) is 3.12. The Morgan fingerprint density at radius 3 is 2.85 bits per heavy atom. The van der Waals surface area contributed by atoms with Gasteiger partial charge in [0.15, 0.2) is 0 Å². The van der Waals surface area contributed by atoms with Crippen molar-refractivity contribution < 1.29 is 9.66 Å². The molecule has 20 heavy (non-hydrogen) atoms. The second kappa shape index (κ2) is 7.19. The lowest BCUT2D eigenvalue weighted by molar-refractivity contribution is -0.384. The Balaban J connectivity index is 1.81. The van der Waals surface area contributed by atoms with Crippen LogP contribution in [0.25, 0.3) is 0 Å². The van der Waals surface area contributed by atoms with Crippen LogP contribution in [0.1, 0.15) is 37.8 Å². The number of nitro groups is 1. The van der Waals surface area contributed by atoms with Crippen molar-refractivity contribution in [2.24, 2.45) is 0 Å². The first-order valence-corrected chi connectivity index (χ1v) is 7.14. The van der Waals surface area contributed by atoms with Crippen molar-refractivity contribution in [3.05, 3.63) is 27.9 Å². The zero-order valence-electron chi connectivity index (χ0n) is 11.8. The van der Waals surface area contributed by atoms with E-state index in [-0.39, 0.29) is 5.69 Å². The van der Waals surface area contributed by atoms with Crippen molar-refractivity contribution in [2.75, 3.05) is 18.5 Å². The number of anilines is 1. The molecule has 0 aliphatic heterocycles. The van der Waals surface area contributed by atoms with Crippen LogP contribution in [0.5, 0.6) is 0 Å². The summed E-state index contributed by atoms with van der Waals surface area (Å²) in [6.07, 6.45) is 6.39. The maximum Gasteiger partial charge on any atom is 0.311 e. The topological polar surface area (TPSA) is 77.3 Å². The molecule has 1 N–H and O–H groups in total. The monoisotopic (exact) mass is 279 g/mol. The Hall–Kier alpha value is -1.69. The summed E-state index contributed by atoms with van der Waals surface area (Å²) in [6.45, 7) is 2.90. The maximum atomic E-state index is 10.9. The fraction of sp³-hybridized carbons (Fsp3) is 0.643. The lowest BCUT2D eigenvalue weighted by atomic mass is 9.98. The van der Waals surface area contributed by atoms with Crippen LogP contribution in [0, 0.1) is 17.0 Å². The van der Waals surface area contributed by atoms with E-state index in [0.717, 1.165) is 18.5 Å². The molecule has 1 aromatic rings. The predicted octanol–water partition coefficient (Wildman–Crippen LogP) is 3.06. The quantitative estimate of drug-likeness (QED) is 0.492. The van der Waals surface area contributed by atoms with E-state index in [4.69, 9.17) is 4.74 Å². The van der Waals surface area contributed by atoms with Gasteiger partial charge in [0.1, 0.15) is 0 Å². The van der Waals surface area contributed by atoms with Crippen molar-refractivity contribution in [3.8, 4) is 0 Å². The van der Waals surface area contributed by atoms with E-state index in [2.05, 4.69) is 10.3 Å². The average Bonchev–Trinajstić information content (AvgIpc) is 2.44. The molecule has 0 atom stereocenters. The molecule has 1 aliphatic carbocycles. The summed E-state index contributed by atoms with van der Waals surface area (Å²) >= 11 is 0. The van der Waals surface area contributed by atoms with Gasteiger partial charge in [-0.2, -0.15) is 0 Å². The van der Waals surface area contributed by atoms with Crippen molar-refractivity contribution in [3.63, 3.8) is 0 Å².